The highest BCUT2D eigenvalue weighted by Gasteiger charge is 2.21. The molecule has 1 aliphatic heterocycles. The summed E-state index contributed by atoms with van der Waals surface area (Å²) in [6, 6.07) is 5.93. The zero-order valence-electron chi connectivity index (χ0n) is 10.7. The van der Waals surface area contributed by atoms with Gasteiger partial charge in [-0.3, -0.25) is 0 Å². The molecule has 0 atom stereocenters. The predicted molar refractivity (Wildman–Crippen MR) is 80.7 cm³/mol. The van der Waals surface area contributed by atoms with Crippen LogP contribution in [-0.2, 0) is 0 Å². The Hall–Kier alpha value is -1.59. The van der Waals surface area contributed by atoms with E-state index >= 15 is 0 Å². The normalized spacial score (nSPS) is 15.5. The Morgan fingerprint density at radius 1 is 0.950 bits per heavy atom. The van der Waals surface area contributed by atoms with Crippen molar-refractivity contribution in [2.24, 2.45) is 0 Å². The first kappa shape index (κ1) is 13.4. The third-order valence-electron chi connectivity index (χ3n) is 3.25. The van der Waals surface area contributed by atoms with E-state index in [2.05, 4.69) is 24.8 Å². The molecule has 0 spiro atoms. The molecule has 0 bridgehead atoms. The van der Waals surface area contributed by atoms with Crippen LogP contribution < -0.4 is 9.80 Å². The molecule has 2 aromatic heterocycles. The van der Waals surface area contributed by atoms with Crippen LogP contribution in [0.1, 0.15) is 0 Å². The third-order valence-corrected chi connectivity index (χ3v) is 3.70. The molecule has 1 aliphatic rings. The zero-order valence-corrected chi connectivity index (χ0v) is 12.2. The summed E-state index contributed by atoms with van der Waals surface area (Å²) in [7, 11) is 0. The van der Waals surface area contributed by atoms with Gasteiger partial charge in [-0.05, 0) is 23.7 Å². The van der Waals surface area contributed by atoms with Crippen LogP contribution in [0.2, 0.25) is 10.3 Å². The van der Waals surface area contributed by atoms with Crippen LogP contribution in [0, 0.1) is 0 Å². The van der Waals surface area contributed by atoms with Gasteiger partial charge in [0.2, 0.25) is 5.28 Å². The highest BCUT2D eigenvalue weighted by molar-refractivity contribution is 6.33. The van der Waals surface area contributed by atoms with Crippen LogP contribution in [0.25, 0.3) is 0 Å². The lowest BCUT2D eigenvalue weighted by molar-refractivity contribution is 0.641. The Bertz CT molecular complexity index is 585. The Balaban J connectivity index is 1.71. The van der Waals surface area contributed by atoms with Crippen LogP contribution in [0.3, 0.4) is 0 Å². The van der Waals surface area contributed by atoms with Crippen LogP contribution in [-0.4, -0.2) is 41.1 Å². The average Bonchev–Trinajstić information content (AvgIpc) is 2.51. The molecule has 1 saturated heterocycles. The maximum atomic E-state index is 6.13. The molecule has 0 saturated carbocycles. The van der Waals surface area contributed by atoms with Gasteiger partial charge in [-0.25, -0.2) is 9.97 Å². The van der Waals surface area contributed by atoms with Crippen LogP contribution in [0.15, 0.2) is 30.6 Å². The molecule has 0 amide bonds. The number of pyridine rings is 1. The smallest absolute Gasteiger partial charge is 0.224 e. The van der Waals surface area contributed by atoms with Gasteiger partial charge in [0.15, 0.2) is 5.82 Å². The number of aromatic nitrogens is 3. The molecule has 0 aliphatic carbocycles. The topological polar surface area (TPSA) is 45.2 Å². The zero-order chi connectivity index (χ0) is 13.9. The monoisotopic (exact) mass is 309 g/mol. The van der Waals surface area contributed by atoms with Crippen LogP contribution in [0.5, 0.6) is 0 Å². The van der Waals surface area contributed by atoms with Crippen molar-refractivity contribution in [1.82, 2.24) is 15.0 Å². The minimum Gasteiger partial charge on any atom is -0.353 e. The number of halogens is 2. The first-order valence-corrected chi connectivity index (χ1v) is 7.08. The Labute approximate surface area is 127 Å². The lowest BCUT2D eigenvalue weighted by Crippen LogP contribution is -2.47. The molecular formula is C13H13Cl2N5. The summed E-state index contributed by atoms with van der Waals surface area (Å²) in [6.45, 7) is 3.39. The summed E-state index contributed by atoms with van der Waals surface area (Å²) in [6.07, 6.45) is 3.35. The van der Waals surface area contributed by atoms with E-state index in [1.165, 1.54) is 6.20 Å². The minimum atomic E-state index is 0.219. The standard InChI is InChI=1S/C13H13Cl2N5/c14-10-9-17-13(15)18-12(10)20-7-5-19(6-8-20)11-3-1-2-4-16-11/h1-4,9H,5-8H2. The highest BCUT2D eigenvalue weighted by atomic mass is 35.5. The van der Waals surface area contributed by atoms with Crippen molar-refractivity contribution in [1.29, 1.82) is 0 Å². The summed E-state index contributed by atoms with van der Waals surface area (Å²) in [4.78, 5) is 16.8. The summed E-state index contributed by atoms with van der Waals surface area (Å²) >= 11 is 12.0. The maximum Gasteiger partial charge on any atom is 0.224 e. The maximum absolute atomic E-state index is 6.13. The fourth-order valence-electron chi connectivity index (χ4n) is 2.25. The van der Waals surface area contributed by atoms with Gasteiger partial charge in [0.05, 0.1) is 6.20 Å². The van der Waals surface area contributed by atoms with Gasteiger partial charge in [-0.2, -0.15) is 4.98 Å². The fourth-order valence-corrected chi connectivity index (χ4v) is 2.59. The number of anilines is 2. The van der Waals surface area contributed by atoms with Gasteiger partial charge >= 0.3 is 0 Å². The van der Waals surface area contributed by atoms with E-state index in [0.717, 1.165) is 32.0 Å². The minimum absolute atomic E-state index is 0.219. The fraction of sp³-hybridized carbons (Fsp3) is 0.308. The summed E-state index contributed by atoms with van der Waals surface area (Å²) < 4.78 is 0. The van der Waals surface area contributed by atoms with Crippen molar-refractivity contribution in [2.45, 2.75) is 0 Å². The van der Waals surface area contributed by atoms with Crippen molar-refractivity contribution < 1.29 is 0 Å². The Morgan fingerprint density at radius 3 is 2.40 bits per heavy atom. The number of nitrogens with zero attached hydrogens (tertiary/aromatic N) is 5. The van der Waals surface area contributed by atoms with E-state index in [9.17, 15) is 0 Å². The lowest BCUT2D eigenvalue weighted by atomic mass is 10.3. The van der Waals surface area contributed by atoms with Crippen LogP contribution >= 0.6 is 23.2 Å². The van der Waals surface area contributed by atoms with Crippen molar-refractivity contribution in [3.8, 4) is 0 Å². The Morgan fingerprint density at radius 2 is 1.70 bits per heavy atom. The Kier molecular flexibility index (Phi) is 3.89. The largest absolute Gasteiger partial charge is 0.353 e. The number of hydrogen-bond donors (Lipinski definition) is 0. The first-order chi connectivity index (χ1) is 9.74. The van der Waals surface area contributed by atoms with E-state index in [-0.39, 0.29) is 5.28 Å². The molecular weight excluding hydrogens is 297 g/mol. The van der Waals surface area contributed by atoms with E-state index in [1.807, 2.05) is 24.4 Å². The first-order valence-electron chi connectivity index (χ1n) is 6.33. The van der Waals surface area contributed by atoms with E-state index in [4.69, 9.17) is 23.2 Å². The van der Waals surface area contributed by atoms with Crippen molar-refractivity contribution in [3.05, 3.63) is 40.9 Å². The molecule has 0 N–H and O–H groups in total. The van der Waals surface area contributed by atoms with Gasteiger partial charge < -0.3 is 9.80 Å². The molecule has 20 heavy (non-hydrogen) atoms. The van der Waals surface area contributed by atoms with Gasteiger partial charge in [0.1, 0.15) is 10.8 Å². The highest BCUT2D eigenvalue weighted by Crippen LogP contribution is 2.25. The second-order valence-corrected chi connectivity index (χ2v) is 5.22. The molecule has 7 heteroatoms. The molecule has 1 fully saturated rings. The molecule has 2 aromatic rings. The molecule has 3 rings (SSSR count). The summed E-state index contributed by atoms with van der Waals surface area (Å²) in [5, 5.41) is 0.747. The van der Waals surface area contributed by atoms with E-state index < -0.39 is 0 Å². The molecule has 5 nitrogen and oxygen atoms in total. The van der Waals surface area contributed by atoms with Gasteiger partial charge in [-0.1, -0.05) is 17.7 Å². The molecule has 104 valence electrons. The molecule has 0 unspecified atom stereocenters. The van der Waals surface area contributed by atoms with Crippen molar-refractivity contribution >= 4 is 34.8 Å². The van der Waals surface area contributed by atoms with Gasteiger partial charge in [-0.15, -0.1) is 0 Å². The summed E-state index contributed by atoms with van der Waals surface area (Å²) in [5.74, 6) is 1.70. The third kappa shape index (κ3) is 2.78. The molecule has 0 aromatic carbocycles. The lowest BCUT2D eigenvalue weighted by Gasteiger charge is -2.36. The van der Waals surface area contributed by atoms with Crippen LogP contribution in [0.4, 0.5) is 11.6 Å². The molecule has 3 heterocycles. The van der Waals surface area contributed by atoms with Crippen molar-refractivity contribution in [2.75, 3.05) is 36.0 Å². The number of piperazine rings is 1. The molecule has 0 radical (unpaired) electrons. The predicted octanol–water partition coefficient (Wildman–Crippen LogP) is 2.50. The van der Waals surface area contributed by atoms with Crippen molar-refractivity contribution in [3.63, 3.8) is 0 Å². The second kappa shape index (κ2) is 5.81. The number of hydrogen-bond acceptors (Lipinski definition) is 5. The van der Waals surface area contributed by atoms with Gasteiger partial charge in [0, 0.05) is 32.4 Å². The number of rotatable bonds is 2. The SMILES string of the molecule is Clc1ncc(Cl)c(N2CCN(c3ccccn3)CC2)n1. The average molecular weight is 310 g/mol. The van der Waals surface area contributed by atoms with E-state index in [1.54, 1.807) is 0 Å². The van der Waals surface area contributed by atoms with Gasteiger partial charge in [0.25, 0.3) is 0 Å². The quantitative estimate of drug-likeness (QED) is 0.798. The van der Waals surface area contributed by atoms with E-state index in [0.29, 0.717) is 10.8 Å². The second-order valence-electron chi connectivity index (χ2n) is 4.47. The summed E-state index contributed by atoms with van der Waals surface area (Å²) in [5.41, 5.74) is 0.